The largest absolute Gasteiger partial charge is 0.380 e. The Hall–Kier alpha value is -1.00. The van der Waals surface area contributed by atoms with E-state index in [1.54, 1.807) is 0 Å². The zero-order valence-corrected chi connectivity index (χ0v) is 11.3. The van der Waals surface area contributed by atoms with Crippen molar-refractivity contribution >= 4 is 34.6 Å². The molecule has 0 saturated heterocycles. The molecule has 1 unspecified atom stereocenters. The van der Waals surface area contributed by atoms with Gasteiger partial charge in [-0.1, -0.05) is 37.0 Å². The fourth-order valence-corrected chi connectivity index (χ4v) is 1.78. The van der Waals surface area contributed by atoms with Gasteiger partial charge in [0.05, 0.1) is 20.7 Å². The first-order chi connectivity index (χ1) is 7.82. The van der Waals surface area contributed by atoms with E-state index in [9.17, 15) is 10.1 Å². The molecule has 0 aliphatic carbocycles. The van der Waals surface area contributed by atoms with Crippen molar-refractivity contribution in [1.29, 1.82) is 0 Å². The summed E-state index contributed by atoms with van der Waals surface area (Å²) in [7, 11) is 0. The fourth-order valence-electron chi connectivity index (χ4n) is 1.20. The first-order valence-electron chi connectivity index (χ1n) is 5.23. The first-order valence-corrected chi connectivity index (χ1v) is 5.98. The van der Waals surface area contributed by atoms with E-state index in [1.165, 1.54) is 12.1 Å². The van der Waals surface area contributed by atoms with Crippen LogP contribution in [0.25, 0.3) is 0 Å². The Morgan fingerprint density at radius 2 is 1.71 bits per heavy atom. The van der Waals surface area contributed by atoms with E-state index in [2.05, 4.69) is 19.2 Å². The highest BCUT2D eigenvalue weighted by atomic mass is 35.5. The predicted molar refractivity (Wildman–Crippen MR) is 71.0 cm³/mol. The van der Waals surface area contributed by atoms with Crippen LogP contribution in [0, 0.1) is 16.0 Å². The van der Waals surface area contributed by atoms with E-state index in [0.29, 0.717) is 11.6 Å². The topological polar surface area (TPSA) is 55.2 Å². The number of hydrogen-bond donors (Lipinski definition) is 1. The van der Waals surface area contributed by atoms with Gasteiger partial charge in [-0.25, -0.2) is 0 Å². The zero-order valence-electron chi connectivity index (χ0n) is 9.83. The summed E-state index contributed by atoms with van der Waals surface area (Å²) in [6.07, 6.45) is 0. The minimum atomic E-state index is -0.520. The summed E-state index contributed by atoms with van der Waals surface area (Å²) < 4.78 is 0. The molecule has 0 saturated carbocycles. The molecule has 0 spiro atoms. The second-order valence-corrected chi connectivity index (χ2v) is 5.03. The highest BCUT2D eigenvalue weighted by Crippen LogP contribution is 2.35. The zero-order chi connectivity index (χ0) is 13.2. The maximum atomic E-state index is 10.6. The summed E-state index contributed by atoms with van der Waals surface area (Å²) in [4.78, 5) is 10.1. The lowest BCUT2D eigenvalue weighted by Crippen LogP contribution is -2.21. The van der Waals surface area contributed by atoms with Crippen molar-refractivity contribution < 1.29 is 4.92 Å². The molecule has 1 N–H and O–H groups in total. The van der Waals surface area contributed by atoms with Crippen LogP contribution in [0.5, 0.6) is 0 Å². The molecular formula is C11H14Cl2N2O2. The summed E-state index contributed by atoms with van der Waals surface area (Å²) in [5, 5.41) is 14.3. The summed E-state index contributed by atoms with van der Waals surface area (Å²) in [5.41, 5.74) is 0.433. The third-order valence-electron chi connectivity index (χ3n) is 2.61. The molecule has 0 radical (unpaired) electrons. The average molecular weight is 277 g/mol. The normalized spacial score (nSPS) is 12.6. The van der Waals surface area contributed by atoms with Gasteiger partial charge in [0, 0.05) is 18.2 Å². The highest BCUT2D eigenvalue weighted by molar-refractivity contribution is 6.39. The molecule has 0 aliphatic heterocycles. The quantitative estimate of drug-likeness (QED) is 0.657. The smallest absolute Gasteiger partial charge is 0.272 e. The predicted octanol–water partition coefficient (Wildman–Crippen LogP) is 4.36. The molecule has 0 aliphatic rings. The molecule has 0 fully saturated rings. The summed E-state index contributed by atoms with van der Waals surface area (Å²) >= 11 is 12.0. The number of nitrogens with one attached hydrogen (secondary N) is 1. The van der Waals surface area contributed by atoms with Crippen LogP contribution in [0.4, 0.5) is 11.4 Å². The number of nitro groups is 1. The third-order valence-corrected chi connectivity index (χ3v) is 3.21. The SMILES string of the molecule is CC(C)C(C)Nc1c(Cl)cc([N+](=O)[O-])cc1Cl. The van der Waals surface area contributed by atoms with Crippen LogP contribution in [0.1, 0.15) is 20.8 Å². The molecule has 0 amide bonds. The number of hydrogen-bond acceptors (Lipinski definition) is 3. The van der Waals surface area contributed by atoms with E-state index in [0.717, 1.165) is 0 Å². The number of halogens is 2. The van der Waals surface area contributed by atoms with E-state index < -0.39 is 4.92 Å². The van der Waals surface area contributed by atoms with Crippen LogP contribution in [-0.4, -0.2) is 11.0 Å². The van der Waals surface area contributed by atoms with Crippen molar-refractivity contribution in [2.75, 3.05) is 5.32 Å². The van der Waals surface area contributed by atoms with Crippen molar-refractivity contribution in [3.8, 4) is 0 Å². The number of nitro benzene ring substituents is 1. The van der Waals surface area contributed by atoms with Crippen molar-refractivity contribution in [3.05, 3.63) is 32.3 Å². The van der Waals surface area contributed by atoms with Crippen LogP contribution >= 0.6 is 23.2 Å². The van der Waals surface area contributed by atoms with E-state index >= 15 is 0 Å². The molecule has 17 heavy (non-hydrogen) atoms. The third kappa shape index (κ3) is 3.48. The van der Waals surface area contributed by atoms with E-state index in [4.69, 9.17) is 23.2 Å². The van der Waals surface area contributed by atoms with Crippen LogP contribution in [0.2, 0.25) is 10.0 Å². The Labute approximate surface area is 110 Å². The molecule has 1 aromatic carbocycles. The lowest BCUT2D eigenvalue weighted by atomic mass is 10.1. The Balaban J connectivity index is 3.06. The van der Waals surface area contributed by atoms with Gasteiger partial charge in [-0.3, -0.25) is 10.1 Å². The molecule has 0 bridgehead atoms. The molecule has 4 nitrogen and oxygen atoms in total. The molecular weight excluding hydrogens is 263 g/mol. The number of nitrogens with zero attached hydrogens (tertiary/aromatic N) is 1. The van der Waals surface area contributed by atoms with Gasteiger partial charge in [0.15, 0.2) is 0 Å². The standard InChI is InChI=1S/C11H14Cl2N2O2/c1-6(2)7(3)14-11-9(12)4-8(15(16)17)5-10(11)13/h4-7,14H,1-3H3. The molecule has 0 heterocycles. The molecule has 94 valence electrons. The molecule has 1 rings (SSSR count). The van der Waals surface area contributed by atoms with Crippen molar-refractivity contribution in [2.45, 2.75) is 26.8 Å². The first kappa shape index (κ1) is 14.1. The van der Waals surface area contributed by atoms with Gasteiger partial charge < -0.3 is 5.32 Å². The van der Waals surface area contributed by atoms with Gasteiger partial charge in [-0.2, -0.15) is 0 Å². The number of non-ortho nitro benzene ring substituents is 1. The Bertz CT molecular complexity index is 412. The minimum absolute atomic E-state index is 0.109. The van der Waals surface area contributed by atoms with Crippen molar-refractivity contribution in [1.82, 2.24) is 0 Å². The molecule has 1 aromatic rings. The van der Waals surface area contributed by atoms with Gasteiger partial charge in [-0.05, 0) is 12.8 Å². The fraction of sp³-hybridized carbons (Fsp3) is 0.455. The average Bonchev–Trinajstić information content (AvgIpc) is 2.22. The summed E-state index contributed by atoms with van der Waals surface area (Å²) in [6, 6.07) is 2.76. The van der Waals surface area contributed by atoms with Crippen molar-refractivity contribution in [2.24, 2.45) is 5.92 Å². The van der Waals surface area contributed by atoms with E-state index in [-0.39, 0.29) is 21.8 Å². The Morgan fingerprint density at radius 3 is 2.06 bits per heavy atom. The molecule has 6 heteroatoms. The molecule has 0 aromatic heterocycles. The summed E-state index contributed by atoms with van der Waals surface area (Å²) in [5.74, 6) is 0.400. The lowest BCUT2D eigenvalue weighted by molar-refractivity contribution is -0.384. The monoisotopic (exact) mass is 276 g/mol. The van der Waals surface area contributed by atoms with Crippen LogP contribution < -0.4 is 5.32 Å². The van der Waals surface area contributed by atoms with Gasteiger partial charge in [0.1, 0.15) is 0 Å². The van der Waals surface area contributed by atoms with Crippen LogP contribution in [0.15, 0.2) is 12.1 Å². The van der Waals surface area contributed by atoms with Crippen LogP contribution in [-0.2, 0) is 0 Å². The second kappa shape index (κ2) is 5.56. The van der Waals surface area contributed by atoms with Gasteiger partial charge in [0.2, 0.25) is 0 Å². The highest BCUT2D eigenvalue weighted by Gasteiger charge is 2.16. The lowest BCUT2D eigenvalue weighted by Gasteiger charge is -2.20. The minimum Gasteiger partial charge on any atom is -0.380 e. The van der Waals surface area contributed by atoms with Gasteiger partial charge in [-0.15, -0.1) is 0 Å². The van der Waals surface area contributed by atoms with E-state index in [1.807, 2.05) is 6.92 Å². The van der Waals surface area contributed by atoms with Gasteiger partial charge in [0.25, 0.3) is 5.69 Å². The number of rotatable bonds is 4. The maximum absolute atomic E-state index is 10.6. The summed E-state index contributed by atoms with van der Waals surface area (Å²) in [6.45, 7) is 6.12. The van der Waals surface area contributed by atoms with Crippen molar-refractivity contribution in [3.63, 3.8) is 0 Å². The Kier molecular flexibility index (Phi) is 4.60. The number of benzene rings is 1. The van der Waals surface area contributed by atoms with Crippen LogP contribution in [0.3, 0.4) is 0 Å². The molecule has 1 atom stereocenters. The number of anilines is 1. The van der Waals surface area contributed by atoms with Gasteiger partial charge >= 0.3 is 0 Å². The Morgan fingerprint density at radius 1 is 1.24 bits per heavy atom. The second-order valence-electron chi connectivity index (χ2n) is 4.22. The maximum Gasteiger partial charge on any atom is 0.272 e.